The van der Waals surface area contributed by atoms with Crippen LogP contribution in [0.5, 0.6) is 0 Å². The maximum absolute atomic E-state index is 10.8. The van der Waals surface area contributed by atoms with E-state index in [1.807, 2.05) is 0 Å². The number of unbranched alkanes of at least 4 members (excludes halogenated alkanes) is 2. The molecule has 0 bridgehead atoms. The second kappa shape index (κ2) is 6.70. The molecule has 0 N–H and O–H groups in total. The number of non-ortho nitro benzene ring substituents is 1. The molecule has 0 amide bonds. The molecule has 0 saturated heterocycles. The molecule has 0 aliphatic heterocycles. The average molecular weight is 468 g/mol. The van der Waals surface area contributed by atoms with Crippen LogP contribution < -0.4 is 3.07 Å². The van der Waals surface area contributed by atoms with Crippen LogP contribution >= 0.6 is 8.25 Å². The third kappa shape index (κ3) is 3.29. The summed E-state index contributed by atoms with van der Waals surface area (Å²) < 4.78 is 6.93. The third-order valence-electron chi connectivity index (χ3n) is 3.21. The molecule has 6 heteroatoms. The van der Waals surface area contributed by atoms with Gasteiger partial charge in [0.25, 0.3) is 0 Å². The fraction of sp³-hybridized carbons (Fsp3) is 0.385. The van der Waals surface area contributed by atoms with Crippen molar-refractivity contribution in [2.45, 2.75) is 32.6 Å². The van der Waals surface area contributed by atoms with Crippen molar-refractivity contribution in [2.24, 2.45) is 0 Å². The molecule has 0 aliphatic carbocycles. The zero-order valence-corrected chi connectivity index (χ0v) is 17.1. The van der Waals surface area contributed by atoms with Gasteiger partial charge in [0, 0.05) is 0 Å². The van der Waals surface area contributed by atoms with E-state index in [-0.39, 0.29) is 10.6 Å². The molecule has 1 heterocycles. The van der Waals surface area contributed by atoms with E-state index in [9.17, 15) is 10.1 Å². The van der Waals surface area contributed by atoms with Crippen molar-refractivity contribution < 1.29 is 32.7 Å². The number of furan rings is 1. The first-order chi connectivity index (χ1) is 9.17. The number of nitro benzene ring substituents is 1. The van der Waals surface area contributed by atoms with E-state index in [2.05, 4.69) is 6.92 Å². The summed E-state index contributed by atoms with van der Waals surface area (Å²) in [4.78, 5) is 10.4. The molecular formula is C13H14ClHgNO3. The molecular weight excluding hydrogens is 454 g/mol. The Morgan fingerprint density at radius 1 is 1.42 bits per heavy atom. The number of hydrogen-bond donors (Lipinski definition) is 0. The Morgan fingerprint density at radius 2 is 2.21 bits per heavy atom. The van der Waals surface area contributed by atoms with Crippen molar-refractivity contribution in [3.63, 3.8) is 0 Å². The van der Waals surface area contributed by atoms with Gasteiger partial charge in [-0.15, -0.1) is 0 Å². The molecule has 4 nitrogen and oxygen atoms in total. The van der Waals surface area contributed by atoms with Gasteiger partial charge in [-0.2, -0.15) is 0 Å². The summed E-state index contributed by atoms with van der Waals surface area (Å²) in [5.41, 5.74) is 0.834. The normalized spacial score (nSPS) is 10.6. The van der Waals surface area contributed by atoms with Crippen LogP contribution in [0.25, 0.3) is 11.0 Å². The standard InChI is InChI=1S/C13H14NO3.ClH.Hg/c1-2-3-4-5-12-9-10-8-11(14(15)16)6-7-13(10)17-12;;/h6-8H,2-5H2,1H3;1H;/q;;+1/p-1. The van der Waals surface area contributed by atoms with Gasteiger partial charge in [-0.1, -0.05) is 0 Å². The van der Waals surface area contributed by atoms with E-state index in [1.165, 1.54) is 6.07 Å². The van der Waals surface area contributed by atoms with E-state index in [4.69, 9.17) is 12.7 Å². The number of fused-ring (bicyclic) bond motifs is 1. The van der Waals surface area contributed by atoms with Crippen LogP contribution in [-0.4, -0.2) is 4.92 Å². The van der Waals surface area contributed by atoms with Crippen LogP contribution in [0.15, 0.2) is 22.6 Å². The van der Waals surface area contributed by atoms with Crippen LogP contribution in [0, 0.1) is 10.1 Å². The number of hydrogen-bond acceptors (Lipinski definition) is 3. The summed E-state index contributed by atoms with van der Waals surface area (Å²) >= 11 is -1.69. The number of nitrogens with zero attached hydrogens (tertiary/aromatic N) is 1. The number of rotatable bonds is 6. The molecule has 2 aromatic rings. The Morgan fingerprint density at radius 3 is 2.84 bits per heavy atom. The maximum atomic E-state index is 10.8. The number of halogens is 1. The molecule has 0 aliphatic rings. The van der Waals surface area contributed by atoms with Crippen LogP contribution in [-0.2, 0) is 29.8 Å². The predicted octanol–water partition coefficient (Wildman–Crippen LogP) is 3.94. The Labute approximate surface area is 127 Å². The van der Waals surface area contributed by atoms with Gasteiger partial charge in [0.15, 0.2) is 0 Å². The van der Waals surface area contributed by atoms with E-state index in [0.29, 0.717) is 0 Å². The fourth-order valence-corrected chi connectivity index (χ4v) is 7.94. The van der Waals surface area contributed by atoms with Gasteiger partial charge in [0.05, 0.1) is 0 Å². The van der Waals surface area contributed by atoms with Crippen LogP contribution in [0.1, 0.15) is 31.9 Å². The van der Waals surface area contributed by atoms with E-state index in [0.717, 1.165) is 45.5 Å². The van der Waals surface area contributed by atoms with Gasteiger partial charge < -0.3 is 0 Å². The summed E-state index contributed by atoms with van der Waals surface area (Å²) in [5, 5.41) is 11.7. The predicted molar refractivity (Wildman–Crippen MR) is 71.6 cm³/mol. The average Bonchev–Trinajstić information content (AvgIpc) is 2.75. The molecule has 98 valence electrons. The summed E-state index contributed by atoms with van der Waals surface area (Å²) in [6, 6.07) is 4.76. The molecule has 0 atom stereocenters. The third-order valence-corrected chi connectivity index (χ3v) is 9.61. The molecule has 1 aromatic carbocycles. The molecule has 0 unspecified atom stereocenters. The zero-order chi connectivity index (χ0) is 13.8. The van der Waals surface area contributed by atoms with Gasteiger partial charge in [-0.25, -0.2) is 0 Å². The van der Waals surface area contributed by atoms with E-state index in [1.54, 1.807) is 12.1 Å². The van der Waals surface area contributed by atoms with Crippen molar-refractivity contribution in [3.8, 4) is 0 Å². The van der Waals surface area contributed by atoms with Crippen molar-refractivity contribution >= 4 is 28.0 Å². The molecule has 19 heavy (non-hydrogen) atoms. The number of benzene rings is 1. The van der Waals surface area contributed by atoms with Crippen molar-refractivity contribution in [2.75, 3.05) is 0 Å². The summed E-state index contributed by atoms with van der Waals surface area (Å²) in [5.74, 6) is 0.959. The first-order valence-electron chi connectivity index (χ1n) is 6.42. The number of aryl methyl sites for hydroxylation is 1. The van der Waals surface area contributed by atoms with E-state index >= 15 is 0 Å². The van der Waals surface area contributed by atoms with Gasteiger partial charge in [0.2, 0.25) is 0 Å². The quantitative estimate of drug-likeness (QED) is 0.280. The van der Waals surface area contributed by atoms with Crippen molar-refractivity contribution in [1.82, 2.24) is 0 Å². The summed E-state index contributed by atoms with van der Waals surface area (Å²) in [6.07, 6.45) is 4.29. The second-order valence-electron chi connectivity index (χ2n) is 4.53. The monoisotopic (exact) mass is 469 g/mol. The van der Waals surface area contributed by atoms with Crippen molar-refractivity contribution in [3.05, 3.63) is 34.1 Å². The van der Waals surface area contributed by atoms with Gasteiger partial charge in [-0.05, 0) is 0 Å². The van der Waals surface area contributed by atoms with Crippen molar-refractivity contribution in [1.29, 1.82) is 0 Å². The van der Waals surface area contributed by atoms with Gasteiger partial charge >= 0.3 is 127 Å². The van der Waals surface area contributed by atoms with E-state index < -0.39 is 23.3 Å². The second-order valence-corrected chi connectivity index (χ2v) is 10.7. The minimum absolute atomic E-state index is 0.105. The Kier molecular flexibility index (Phi) is 5.22. The zero-order valence-electron chi connectivity index (χ0n) is 10.8. The molecule has 0 radical (unpaired) electrons. The Balaban J connectivity index is 2.40. The first kappa shape index (κ1) is 14.8. The SMILES string of the molecule is CCCCCc1oc2ccc([N+](=O)[O-])cc2[c]1[Hg][Cl]. The fourth-order valence-electron chi connectivity index (χ4n) is 2.18. The van der Waals surface area contributed by atoms with Crippen LogP contribution in [0.3, 0.4) is 0 Å². The number of nitro groups is 1. The molecule has 2 rings (SSSR count). The Bertz CT molecular complexity index is 597. The molecule has 0 spiro atoms. The van der Waals surface area contributed by atoms with Gasteiger partial charge in [0.1, 0.15) is 0 Å². The molecule has 0 saturated carbocycles. The van der Waals surface area contributed by atoms with Crippen LogP contribution in [0.4, 0.5) is 5.69 Å². The van der Waals surface area contributed by atoms with Crippen LogP contribution in [0.2, 0.25) is 0 Å². The molecule has 1 aromatic heterocycles. The van der Waals surface area contributed by atoms with Gasteiger partial charge in [-0.3, -0.25) is 0 Å². The summed E-state index contributed by atoms with van der Waals surface area (Å²) in [6.45, 7) is 2.16. The minimum atomic E-state index is -1.69. The topological polar surface area (TPSA) is 56.3 Å². The Hall–Kier alpha value is -0.615. The summed E-state index contributed by atoms with van der Waals surface area (Å²) in [7, 11) is 6.19. The molecule has 0 fully saturated rings. The first-order valence-corrected chi connectivity index (χ1v) is 15.9.